The van der Waals surface area contributed by atoms with Gasteiger partial charge in [0.25, 0.3) is 5.91 Å². The molecule has 0 saturated heterocycles. The van der Waals surface area contributed by atoms with Gasteiger partial charge in [0.1, 0.15) is 5.75 Å². The molecule has 2 N–H and O–H groups in total. The lowest BCUT2D eigenvalue weighted by Crippen LogP contribution is -2.38. The number of ether oxygens (including phenoxy) is 1. The number of hydrogen-bond donors (Lipinski definition) is 1. The first-order chi connectivity index (χ1) is 9.15. The Morgan fingerprint density at radius 3 is 3.00 bits per heavy atom. The van der Waals surface area contributed by atoms with Crippen molar-refractivity contribution in [2.24, 2.45) is 0 Å². The average Bonchev–Trinajstić information content (AvgIpc) is 2.79. The molecular weight excluding hydrogens is 328 g/mol. The zero-order chi connectivity index (χ0) is 13.4. The van der Waals surface area contributed by atoms with Gasteiger partial charge < -0.3 is 15.4 Å². The molecule has 0 bridgehead atoms. The van der Waals surface area contributed by atoms with E-state index in [2.05, 4.69) is 15.9 Å². The van der Waals surface area contributed by atoms with Crippen LogP contribution < -0.4 is 15.4 Å². The predicted molar refractivity (Wildman–Crippen MR) is 79.6 cm³/mol. The molecule has 0 atom stereocenters. The monoisotopic (exact) mass is 338 g/mol. The van der Waals surface area contributed by atoms with E-state index in [0.29, 0.717) is 18.0 Å². The Hall–Kier alpha value is -1.53. The molecule has 0 unspecified atom stereocenters. The maximum atomic E-state index is 12.1. The molecule has 1 aromatic carbocycles. The summed E-state index contributed by atoms with van der Waals surface area (Å²) in [6.45, 7) is 0.594. The lowest BCUT2D eigenvalue weighted by atomic mass is 10.2. The third-order valence-electron chi connectivity index (χ3n) is 2.92. The first-order valence-electron chi connectivity index (χ1n) is 5.69. The van der Waals surface area contributed by atoms with Gasteiger partial charge in [-0.2, -0.15) is 0 Å². The Labute approximate surface area is 122 Å². The molecule has 1 aliphatic rings. The molecule has 1 aliphatic heterocycles. The van der Waals surface area contributed by atoms with Crippen LogP contribution in [0.15, 0.2) is 34.1 Å². The molecule has 6 heteroatoms. The van der Waals surface area contributed by atoms with Crippen LogP contribution in [-0.2, 0) is 11.3 Å². The third-order valence-corrected chi connectivity index (χ3v) is 4.83. The van der Waals surface area contributed by atoms with E-state index in [0.717, 1.165) is 15.0 Å². The number of carbonyl (C=O) groups is 1. The number of rotatable bonds is 2. The molecule has 0 aliphatic carbocycles. The van der Waals surface area contributed by atoms with Crippen LogP contribution in [-0.4, -0.2) is 12.5 Å². The van der Waals surface area contributed by atoms with Gasteiger partial charge in [-0.3, -0.25) is 4.79 Å². The second kappa shape index (κ2) is 4.86. The topological polar surface area (TPSA) is 55.6 Å². The second-order valence-corrected chi connectivity index (χ2v) is 6.04. The van der Waals surface area contributed by atoms with Crippen molar-refractivity contribution < 1.29 is 9.53 Å². The first kappa shape index (κ1) is 12.5. The number of nitrogen functional groups attached to an aromatic ring is 1. The lowest BCUT2D eigenvalue weighted by molar-refractivity contribution is -0.121. The van der Waals surface area contributed by atoms with E-state index in [1.807, 2.05) is 11.4 Å². The minimum Gasteiger partial charge on any atom is -0.482 e. The van der Waals surface area contributed by atoms with Crippen LogP contribution in [0.2, 0.25) is 0 Å². The number of benzene rings is 1. The SMILES string of the molecule is Nc1ccc2c(c1)N(Cc1sccc1Br)C(=O)CO2. The van der Waals surface area contributed by atoms with Gasteiger partial charge in [-0.05, 0) is 45.6 Å². The zero-order valence-electron chi connectivity index (χ0n) is 9.93. The van der Waals surface area contributed by atoms with Gasteiger partial charge in [0, 0.05) is 15.0 Å². The number of anilines is 2. The highest BCUT2D eigenvalue weighted by Crippen LogP contribution is 2.36. The Morgan fingerprint density at radius 1 is 1.42 bits per heavy atom. The Kier molecular flexibility index (Phi) is 3.20. The molecule has 0 radical (unpaired) electrons. The van der Waals surface area contributed by atoms with Gasteiger partial charge in [-0.1, -0.05) is 0 Å². The predicted octanol–water partition coefficient (Wildman–Crippen LogP) is 3.02. The number of carbonyl (C=O) groups excluding carboxylic acids is 1. The summed E-state index contributed by atoms with van der Waals surface area (Å²) >= 11 is 5.10. The molecule has 0 fully saturated rings. The van der Waals surface area contributed by atoms with Gasteiger partial charge in [-0.25, -0.2) is 0 Å². The Morgan fingerprint density at radius 2 is 2.26 bits per heavy atom. The minimum absolute atomic E-state index is 0.0570. The van der Waals surface area contributed by atoms with Crippen LogP contribution in [0.5, 0.6) is 5.75 Å². The number of hydrogen-bond acceptors (Lipinski definition) is 4. The molecular formula is C13H11BrN2O2S. The normalized spacial score (nSPS) is 14.2. The summed E-state index contributed by atoms with van der Waals surface area (Å²) < 4.78 is 6.43. The minimum atomic E-state index is -0.0570. The number of fused-ring (bicyclic) bond motifs is 1. The van der Waals surface area contributed by atoms with E-state index < -0.39 is 0 Å². The number of thiophene rings is 1. The van der Waals surface area contributed by atoms with E-state index in [4.69, 9.17) is 10.5 Å². The summed E-state index contributed by atoms with van der Waals surface area (Å²) in [7, 11) is 0. The van der Waals surface area contributed by atoms with Crippen molar-refractivity contribution in [1.82, 2.24) is 0 Å². The molecule has 98 valence electrons. The van der Waals surface area contributed by atoms with Gasteiger partial charge in [0.05, 0.1) is 12.2 Å². The maximum absolute atomic E-state index is 12.1. The van der Waals surface area contributed by atoms with E-state index in [1.165, 1.54) is 0 Å². The molecule has 0 spiro atoms. The average molecular weight is 339 g/mol. The summed E-state index contributed by atoms with van der Waals surface area (Å²) in [5.74, 6) is 0.639. The molecule has 2 aromatic rings. The van der Waals surface area contributed by atoms with Crippen LogP contribution in [0.3, 0.4) is 0 Å². The van der Waals surface area contributed by atoms with Crippen LogP contribution in [0.1, 0.15) is 4.88 Å². The van der Waals surface area contributed by atoms with E-state index in [1.54, 1.807) is 34.4 Å². The number of nitrogens with zero attached hydrogens (tertiary/aromatic N) is 1. The smallest absolute Gasteiger partial charge is 0.265 e. The van der Waals surface area contributed by atoms with Crippen LogP contribution >= 0.6 is 27.3 Å². The van der Waals surface area contributed by atoms with E-state index in [9.17, 15) is 4.79 Å². The summed E-state index contributed by atoms with van der Waals surface area (Å²) in [6, 6.07) is 7.32. The highest BCUT2D eigenvalue weighted by atomic mass is 79.9. The van der Waals surface area contributed by atoms with Crippen molar-refractivity contribution >= 4 is 44.5 Å². The highest BCUT2D eigenvalue weighted by molar-refractivity contribution is 9.10. The van der Waals surface area contributed by atoms with Crippen molar-refractivity contribution in [1.29, 1.82) is 0 Å². The molecule has 2 heterocycles. The number of nitrogens with two attached hydrogens (primary N) is 1. The van der Waals surface area contributed by atoms with Crippen LogP contribution in [0, 0.1) is 0 Å². The largest absolute Gasteiger partial charge is 0.482 e. The van der Waals surface area contributed by atoms with Crippen LogP contribution in [0.25, 0.3) is 0 Å². The fraction of sp³-hybridized carbons (Fsp3) is 0.154. The molecule has 3 rings (SSSR count). The number of halogens is 1. The van der Waals surface area contributed by atoms with Gasteiger partial charge in [-0.15, -0.1) is 11.3 Å². The lowest BCUT2D eigenvalue weighted by Gasteiger charge is -2.29. The molecule has 19 heavy (non-hydrogen) atoms. The second-order valence-electron chi connectivity index (χ2n) is 4.19. The fourth-order valence-electron chi connectivity index (χ4n) is 1.97. The summed E-state index contributed by atoms with van der Waals surface area (Å²) in [5.41, 5.74) is 7.14. The van der Waals surface area contributed by atoms with Gasteiger partial charge in [0.15, 0.2) is 6.61 Å². The van der Waals surface area contributed by atoms with Gasteiger partial charge >= 0.3 is 0 Å². The van der Waals surface area contributed by atoms with E-state index >= 15 is 0 Å². The fourth-order valence-corrected chi connectivity index (χ4v) is 3.44. The standard InChI is InChI=1S/C13H11BrN2O2S/c14-9-3-4-19-12(9)6-16-10-5-8(15)1-2-11(10)18-7-13(16)17/h1-5H,6-7,15H2. The molecule has 0 saturated carbocycles. The van der Waals surface area contributed by atoms with Crippen molar-refractivity contribution in [3.8, 4) is 5.75 Å². The summed E-state index contributed by atoms with van der Waals surface area (Å²) in [6.07, 6.45) is 0. The van der Waals surface area contributed by atoms with Crippen LogP contribution in [0.4, 0.5) is 11.4 Å². The highest BCUT2D eigenvalue weighted by Gasteiger charge is 2.26. The van der Waals surface area contributed by atoms with Crippen molar-refractivity contribution in [2.75, 3.05) is 17.2 Å². The Balaban J connectivity index is 1.99. The first-order valence-corrected chi connectivity index (χ1v) is 7.37. The van der Waals surface area contributed by atoms with Crippen molar-refractivity contribution in [3.63, 3.8) is 0 Å². The summed E-state index contributed by atoms with van der Waals surface area (Å²) in [5, 5.41) is 1.99. The molecule has 1 aromatic heterocycles. The van der Waals surface area contributed by atoms with E-state index in [-0.39, 0.29) is 12.5 Å². The van der Waals surface area contributed by atoms with Gasteiger partial charge in [0.2, 0.25) is 0 Å². The third kappa shape index (κ3) is 2.33. The number of amides is 1. The van der Waals surface area contributed by atoms with Crippen molar-refractivity contribution in [3.05, 3.63) is 39.0 Å². The quantitative estimate of drug-likeness (QED) is 0.856. The molecule has 4 nitrogen and oxygen atoms in total. The summed E-state index contributed by atoms with van der Waals surface area (Å²) in [4.78, 5) is 14.9. The zero-order valence-corrected chi connectivity index (χ0v) is 12.3. The van der Waals surface area contributed by atoms with Crippen molar-refractivity contribution in [2.45, 2.75) is 6.54 Å². The Bertz CT molecular complexity index is 641. The maximum Gasteiger partial charge on any atom is 0.265 e. The molecule has 1 amide bonds.